The van der Waals surface area contributed by atoms with Crippen LogP contribution in [0.3, 0.4) is 0 Å². The van der Waals surface area contributed by atoms with Gasteiger partial charge in [0.1, 0.15) is 12.4 Å². The van der Waals surface area contributed by atoms with Crippen LogP contribution in [0.5, 0.6) is 0 Å². The van der Waals surface area contributed by atoms with Crippen molar-refractivity contribution in [3.63, 3.8) is 0 Å². The van der Waals surface area contributed by atoms with E-state index in [9.17, 15) is 4.79 Å². The van der Waals surface area contributed by atoms with Crippen molar-refractivity contribution in [2.45, 2.75) is 25.4 Å². The average Bonchev–Trinajstić information content (AvgIpc) is 3.30. The third kappa shape index (κ3) is 2.63. The van der Waals surface area contributed by atoms with Crippen LogP contribution >= 0.6 is 11.6 Å². The zero-order chi connectivity index (χ0) is 13.9. The second-order valence-electron chi connectivity index (χ2n) is 4.60. The first kappa shape index (κ1) is 13.0. The number of aromatic nitrogens is 3. The maximum Gasteiger partial charge on any atom is 0.293 e. The normalized spacial score (nSPS) is 14.1. The van der Waals surface area contributed by atoms with Crippen LogP contribution in [0.15, 0.2) is 24.5 Å². The summed E-state index contributed by atoms with van der Waals surface area (Å²) in [7, 11) is 0. The van der Waals surface area contributed by atoms with Crippen molar-refractivity contribution in [3.05, 3.63) is 41.1 Å². The second kappa shape index (κ2) is 5.54. The molecule has 1 aliphatic carbocycles. The molecule has 1 saturated carbocycles. The molecule has 0 N–H and O–H groups in total. The first-order chi connectivity index (χ1) is 9.79. The Morgan fingerprint density at radius 1 is 1.40 bits per heavy atom. The van der Waals surface area contributed by atoms with E-state index in [0.29, 0.717) is 34.4 Å². The van der Waals surface area contributed by atoms with Gasteiger partial charge in [-0.3, -0.25) is 9.78 Å². The van der Waals surface area contributed by atoms with Gasteiger partial charge in [-0.25, -0.2) is 9.97 Å². The number of hydrogen-bond donors (Lipinski definition) is 0. The van der Waals surface area contributed by atoms with Crippen LogP contribution in [0.2, 0.25) is 5.02 Å². The topological polar surface area (TPSA) is 65.0 Å². The molecule has 20 heavy (non-hydrogen) atoms. The molecule has 0 bridgehead atoms. The standard InChI is InChI=1S/C14H12ClN3O2/c15-11-2-1-5-16-13(11)10-6-17-14(9-3-4-9)18-12(10)7-20-8-19/h1-2,5-6,8-9H,3-4,7H2. The highest BCUT2D eigenvalue weighted by Gasteiger charge is 2.27. The van der Waals surface area contributed by atoms with Gasteiger partial charge < -0.3 is 4.74 Å². The third-order valence-electron chi connectivity index (χ3n) is 3.13. The SMILES string of the molecule is O=COCc1nc(C2CC2)ncc1-c1ncccc1Cl. The quantitative estimate of drug-likeness (QED) is 0.792. The zero-order valence-corrected chi connectivity index (χ0v) is 11.4. The molecule has 0 saturated heterocycles. The van der Waals surface area contributed by atoms with E-state index in [0.717, 1.165) is 18.7 Å². The van der Waals surface area contributed by atoms with E-state index in [1.54, 1.807) is 24.5 Å². The number of nitrogens with zero attached hydrogens (tertiary/aromatic N) is 3. The number of carbonyl (C=O) groups is 1. The number of ether oxygens (including phenoxy) is 1. The average molecular weight is 290 g/mol. The van der Waals surface area contributed by atoms with Crippen molar-refractivity contribution in [1.29, 1.82) is 0 Å². The minimum atomic E-state index is 0.0912. The summed E-state index contributed by atoms with van der Waals surface area (Å²) in [4.78, 5) is 23.5. The van der Waals surface area contributed by atoms with Crippen LogP contribution in [0.1, 0.15) is 30.3 Å². The minimum absolute atomic E-state index is 0.0912. The number of carbonyl (C=O) groups excluding carboxylic acids is 1. The molecule has 5 nitrogen and oxygen atoms in total. The monoisotopic (exact) mass is 289 g/mol. The Labute approximate surface area is 121 Å². The fourth-order valence-electron chi connectivity index (χ4n) is 1.98. The number of pyridine rings is 1. The molecular formula is C14H12ClN3O2. The molecule has 3 rings (SSSR count). The van der Waals surface area contributed by atoms with Crippen molar-refractivity contribution in [3.8, 4) is 11.3 Å². The minimum Gasteiger partial charge on any atom is -0.461 e. The van der Waals surface area contributed by atoms with Crippen LogP contribution < -0.4 is 0 Å². The van der Waals surface area contributed by atoms with Gasteiger partial charge in [-0.15, -0.1) is 0 Å². The van der Waals surface area contributed by atoms with E-state index >= 15 is 0 Å². The van der Waals surface area contributed by atoms with Crippen LogP contribution in [0, 0.1) is 0 Å². The van der Waals surface area contributed by atoms with Gasteiger partial charge in [0.05, 0.1) is 16.4 Å². The van der Waals surface area contributed by atoms with Gasteiger partial charge in [0.15, 0.2) is 0 Å². The highest BCUT2D eigenvalue weighted by molar-refractivity contribution is 6.33. The van der Waals surface area contributed by atoms with E-state index in [1.807, 2.05) is 0 Å². The van der Waals surface area contributed by atoms with Gasteiger partial charge in [0.2, 0.25) is 0 Å². The molecule has 0 amide bonds. The fourth-order valence-corrected chi connectivity index (χ4v) is 2.20. The predicted octanol–water partition coefficient (Wildman–Crippen LogP) is 2.74. The van der Waals surface area contributed by atoms with Gasteiger partial charge in [0, 0.05) is 23.9 Å². The van der Waals surface area contributed by atoms with Crippen LogP contribution in [-0.4, -0.2) is 21.4 Å². The highest BCUT2D eigenvalue weighted by Crippen LogP contribution is 2.39. The van der Waals surface area contributed by atoms with Gasteiger partial charge in [-0.2, -0.15) is 0 Å². The molecule has 2 aromatic heterocycles. The third-order valence-corrected chi connectivity index (χ3v) is 3.44. The van der Waals surface area contributed by atoms with Gasteiger partial charge >= 0.3 is 0 Å². The molecule has 2 heterocycles. The molecule has 0 radical (unpaired) electrons. The Balaban J connectivity index is 2.04. The van der Waals surface area contributed by atoms with Crippen LogP contribution in [0.25, 0.3) is 11.3 Å². The number of halogens is 1. The summed E-state index contributed by atoms with van der Waals surface area (Å²) in [6, 6.07) is 3.51. The lowest BCUT2D eigenvalue weighted by Gasteiger charge is -2.09. The predicted molar refractivity (Wildman–Crippen MR) is 73.1 cm³/mol. The molecule has 102 valence electrons. The summed E-state index contributed by atoms with van der Waals surface area (Å²) in [6.45, 7) is 0.497. The first-order valence-electron chi connectivity index (χ1n) is 6.31. The van der Waals surface area contributed by atoms with E-state index in [-0.39, 0.29) is 6.61 Å². The van der Waals surface area contributed by atoms with Gasteiger partial charge in [-0.05, 0) is 25.0 Å². The summed E-state index contributed by atoms with van der Waals surface area (Å²) >= 11 is 6.15. The first-order valence-corrected chi connectivity index (χ1v) is 6.69. The molecule has 1 aliphatic rings. The molecule has 6 heteroatoms. The van der Waals surface area contributed by atoms with Gasteiger partial charge in [0.25, 0.3) is 6.47 Å². The smallest absolute Gasteiger partial charge is 0.293 e. The highest BCUT2D eigenvalue weighted by atomic mass is 35.5. The van der Waals surface area contributed by atoms with Crippen molar-refractivity contribution in [2.24, 2.45) is 0 Å². The molecule has 2 aromatic rings. The maximum absolute atomic E-state index is 10.4. The van der Waals surface area contributed by atoms with Crippen LogP contribution in [-0.2, 0) is 16.1 Å². The molecule has 0 spiro atoms. The van der Waals surface area contributed by atoms with Crippen molar-refractivity contribution >= 4 is 18.1 Å². The molecular weight excluding hydrogens is 278 g/mol. The summed E-state index contributed by atoms with van der Waals surface area (Å²) in [5, 5.41) is 0.516. The van der Waals surface area contributed by atoms with Crippen LogP contribution in [0.4, 0.5) is 0 Å². The van der Waals surface area contributed by atoms with E-state index in [4.69, 9.17) is 16.3 Å². The Bertz CT molecular complexity index is 644. The Morgan fingerprint density at radius 2 is 2.25 bits per heavy atom. The lowest BCUT2D eigenvalue weighted by atomic mass is 10.1. The maximum atomic E-state index is 10.4. The van der Waals surface area contributed by atoms with E-state index in [2.05, 4.69) is 15.0 Å². The summed E-state index contributed by atoms with van der Waals surface area (Å²) < 4.78 is 4.84. The number of hydrogen-bond acceptors (Lipinski definition) is 5. The van der Waals surface area contributed by atoms with E-state index in [1.165, 1.54) is 0 Å². The largest absolute Gasteiger partial charge is 0.461 e. The van der Waals surface area contributed by atoms with Crippen molar-refractivity contribution < 1.29 is 9.53 Å². The lowest BCUT2D eigenvalue weighted by Crippen LogP contribution is -2.04. The number of rotatable bonds is 5. The Hall–Kier alpha value is -2.01. The lowest BCUT2D eigenvalue weighted by molar-refractivity contribution is -0.129. The Morgan fingerprint density at radius 3 is 2.95 bits per heavy atom. The summed E-state index contributed by atoms with van der Waals surface area (Å²) in [5.41, 5.74) is 1.93. The second-order valence-corrected chi connectivity index (χ2v) is 5.01. The fraction of sp³-hybridized carbons (Fsp3) is 0.286. The summed E-state index contributed by atoms with van der Waals surface area (Å²) in [5.74, 6) is 1.23. The Kier molecular flexibility index (Phi) is 3.60. The van der Waals surface area contributed by atoms with E-state index < -0.39 is 0 Å². The zero-order valence-electron chi connectivity index (χ0n) is 10.6. The molecule has 0 unspecified atom stereocenters. The van der Waals surface area contributed by atoms with Gasteiger partial charge in [-0.1, -0.05) is 11.6 Å². The summed E-state index contributed by atoms with van der Waals surface area (Å²) in [6.07, 6.45) is 5.58. The molecule has 0 aromatic carbocycles. The molecule has 0 aliphatic heterocycles. The molecule has 1 fully saturated rings. The van der Waals surface area contributed by atoms with Crippen molar-refractivity contribution in [2.75, 3.05) is 0 Å². The molecule has 0 atom stereocenters. The van der Waals surface area contributed by atoms with Crippen molar-refractivity contribution in [1.82, 2.24) is 15.0 Å².